The van der Waals surface area contributed by atoms with Crippen LogP contribution in [0.3, 0.4) is 0 Å². The summed E-state index contributed by atoms with van der Waals surface area (Å²) in [6.45, 7) is 0. The zero-order valence-electron chi connectivity index (χ0n) is 10.1. The van der Waals surface area contributed by atoms with Crippen molar-refractivity contribution in [3.8, 4) is 5.75 Å². The van der Waals surface area contributed by atoms with Gasteiger partial charge in [-0.2, -0.15) is 11.8 Å². The fourth-order valence-corrected chi connectivity index (χ4v) is 1.94. The van der Waals surface area contributed by atoms with Gasteiger partial charge in [0.2, 0.25) is 5.91 Å². The average Bonchev–Trinajstić information content (AvgIpc) is 2.34. The molecule has 1 rings (SSSR count). The van der Waals surface area contributed by atoms with Crippen LogP contribution in [-0.2, 0) is 4.79 Å². The van der Waals surface area contributed by atoms with Crippen LogP contribution in [0.2, 0.25) is 0 Å². The molecule has 5 heteroatoms. The van der Waals surface area contributed by atoms with E-state index in [0.29, 0.717) is 12.2 Å². The van der Waals surface area contributed by atoms with Gasteiger partial charge in [0.25, 0.3) is 0 Å². The van der Waals surface area contributed by atoms with E-state index in [9.17, 15) is 4.79 Å². The van der Waals surface area contributed by atoms with Crippen LogP contribution in [0.5, 0.6) is 5.75 Å². The van der Waals surface area contributed by atoms with Crippen LogP contribution in [-0.4, -0.2) is 31.1 Å². The lowest BCUT2D eigenvalue weighted by Crippen LogP contribution is -2.36. The number of para-hydroxylation sites is 2. The number of nitrogens with two attached hydrogens (primary N) is 1. The van der Waals surface area contributed by atoms with Crippen molar-refractivity contribution >= 4 is 23.4 Å². The van der Waals surface area contributed by atoms with Crippen LogP contribution in [0.4, 0.5) is 5.69 Å². The van der Waals surface area contributed by atoms with Crippen LogP contribution in [0, 0.1) is 0 Å². The Morgan fingerprint density at radius 3 is 2.82 bits per heavy atom. The van der Waals surface area contributed by atoms with Crippen LogP contribution < -0.4 is 15.8 Å². The minimum Gasteiger partial charge on any atom is -0.495 e. The van der Waals surface area contributed by atoms with Gasteiger partial charge in [-0.15, -0.1) is 0 Å². The standard InChI is InChI=1S/C12H18N2O2S/c1-16-11-6-4-3-5-9(11)14-10(12(13)15)7-8-17-2/h3-6,10,14H,7-8H2,1-2H3,(H2,13,15). The number of rotatable bonds is 7. The van der Waals surface area contributed by atoms with E-state index in [1.807, 2.05) is 30.5 Å². The van der Waals surface area contributed by atoms with Crippen molar-refractivity contribution in [2.45, 2.75) is 12.5 Å². The lowest BCUT2D eigenvalue weighted by atomic mass is 10.2. The summed E-state index contributed by atoms with van der Waals surface area (Å²) in [5.74, 6) is 1.25. The molecule has 0 aliphatic rings. The lowest BCUT2D eigenvalue weighted by Gasteiger charge is -2.18. The first-order valence-electron chi connectivity index (χ1n) is 5.37. The molecule has 0 aliphatic carbocycles. The molecule has 0 radical (unpaired) electrons. The zero-order chi connectivity index (χ0) is 12.7. The first kappa shape index (κ1) is 13.7. The number of thioether (sulfide) groups is 1. The van der Waals surface area contributed by atoms with E-state index >= 15 is 0 Å². The summed E-state index contributed by atoms with van der Waals surface area (Å²) in [5, 5.41) is 3.12. The van der Waals surface area contributed by atoms with Crippen molar-refractivity contribution in [2.24, 2.45) is 5.73 Å². The van der Waals surface area contributed by atoms with E-state index in [-0.39, 0.29) is 11.9 Å². The Balaban J connectivity index is 2.74. The molecular formula is C12H18N2O2S. The SMILES string of the molecule is COc1ccccc1NC(CCSC)C(N)=O. The highest BCUT2D eigenvalue weighted by atomic mass is 32.2. The molecule has 1 amide bonds. The van der Waals surface area contributed by atoms with Crippen molar-refractivity contribution in [1.29, 1.82) is 0 Å². The number of benzene rings is 1. The van der Waals surface area contributed by atoms with E-state index in [0.717, 1.165) is 11.4 Å². The Morgan fingerprint density at radius 2 is 2.24 bits per heavy atom. The summed E-state index contributed by atoms with van der Waals surface area (Å²) in [7, 11) is 1.60. The van der Waals surface area contributed by atoms with Crippen LogP contribution >= 0.6 is 11.8 Å². The molecule has 0 aliphatic heterocycles. The quantitative estimate of drug-likeness (QED) is 0.777. The number of carbonyl (C=O) groups excluding carboxylic acids is 1. The van der Waals surface area contributed by atoms with Gasteiger partial charge in [0, 0.05) is 0 Å². The third-order valence-electron chi connectivity index (χ3n) is 2.39. The molecule has 3 N–H and O–H groups in total. The fraction of sp³-hybridized carbons (Fsp3) is 0.417. The maximum absolute atomic E-state index is 11.3. The van der Waals surface area contributed by atoms with Gasteiger partial charge in [0.1, 0.15) is 11.8 Å². The predicted octanol–water partition coefficient (Wildman–Crippen LogP) is 1.71. The number of hydrogen-bond donors (Lipinski definition) is 2. The van der Waals surface area contributed by atoms with E-state index < -0.39 is 0 Å². The van der Waals surface area contributed by atoms with Crippen LogP contribution in [0.15, 0.2) is 24.3 Å². The average molecular weight is 254 g/mol. The number of carbonyl (C=O) groups is 1. The molecule has 1 aromatic rings. The van der Waals surface area contributed by atoms with Gasteiger partial charge < -0.3 is 15.8 Å². The Hall–Kier alpha value is -1.36. The Morgan fingerprint density at radius 1 is 1.53 bits per heavy atom. The number of primary amides is 1. The molecule has 1 aromatic carbocycles. The largest absolute Gasteiger partial charge is 0.495 e. The summed E-state index contributed by atoms with van der Waals surface area (Å²) < 4.78 is 5.21. The summed E-state index contributed by atoms with van der Waals surface area (Å²) in [6, 6.07) is 7.12. The summed E-state index contributed by atoms with van der Waals surface area (Å²) in [4.78, 5) is 11.3. The molecule has 1 atom stereocenters. The van der Waals surface area contributed by atoms with E-state index in [2.05, 4.69) is 5.32 Å². The van der Waals surface area contributed by atoms with Crippen molar-refractivity contribution < 1.29 is 9.53 Å². The van der Waals surface area contributed by atoms with Gasteiger partial charge in [0.05, 0.1) is 12.8 Å². The second kappa shape index (κ2) is 7.06. The molecule has 0 saturated heterocycles. The number of methoxy groups -OCH3 is 1. The van der Waals surface area contributed by atoms with Crippen LogP contribution in [0.1, 0.15) is 6.42 Å². The van der Waals surface area contributed by atoms with Gasteiger partial charge in [0.15, 0.2) is 0 Å². The van der Waals surface area contributed by atoms with E-state index in [4.69, 9.17) is 10.5 Å². The Kier molecular flexibility index (Phi) is 5.69. The third kappa shape index (κ3) is 4.19. The molecule has 17 heavy (non-hydrogen) atoms. The van der Waals surface area contributed by atoms with Crippen molar-refractivity contribution in [3.63, 3.8) is 0 Å². The molecule has 0 fully saturated rings. The topological polar surface area (TPSA) is 64.3 Å². The van der Waals surface area contributed by atoms with Gasteiger partial charge in [-0.1, -0.05) is 12.1 Å². The molecule has 0 bridgehead atoms. The molecule has 4 nitrogen and oxygen atoms in total. The normalized spacial score (nSPS) is 11.9. The molecule has 0 aromatic heterocycles. The first-order chi connectivity index (χ1) is 8.19. The smallest absolute Gasteiger partial charge is 0.239 e. The molecule has 94 valence electrons. The number of ether oxygens (including phenoxy) is 1. The lowest BCUT2D eigenvalue weighted by molar-refractivity contribution is -0.118. The minimum absolute atomic E-state index is 0.343. The van der Waals surface area contributed by atoms with Gasteiger partial charge in [-0.05, 0) is 30.6 Å². The van der Waals surface area contributed by atoms with Crippen LogP contribution in [0.25, 0.3) is 0 Å². The van der Waals surface area contributed by atoms with Gasteiger partial charge in [-0.3, -0.25) is 4.79 Å². The number of hydrogen-bond acceptors (Lipinski definition) is 4. The third-order valence-corrected chi connectivity index (χ3v) is 3.03. The summed E-state index contributed by atoms with van der Waals surface area (Å²) in [6.07, 6.45) is 2.70. The zero-order valence-corrected chi connectivity index (χ0v) is 10.9. The second-order valence-electron chi connectivity index (χ2n) is 3.58. The number of amides is 1. The highest BCUT2D eigenvalue weighted by Crippen LogP contribution is 2.24. The number of nitrogens with one attached hydrogen (secondary N) is 1. The summed E-state index contributed by atoms with van der Waals surface area (Å²) >= 11 is 1.69. The highest BCUT2D eigenvalue weighted by Gasteiger charge is 2.15. The Labute approximate surface area is 106 Å². The molecule has 0 heterocycles. The minimum atomic E-state index is -0.362. The first-order valence-corrected chi connectivity index (χ1v) is 6.76. The molecule has 0 spiro atoms. The predicted molar refractivity (Wildman–Crippen MR) is 72.6 cm³/mol. The monoisotopic (exact) mass is 254 g/mol. The van der Waals surface area contributed by atoms with Crippen molar-refractivity contribution in [3.05, 3.63) is 24.3 Å². The highest BCUT2D eigenvalue weighted by molar-refractivity contribution is 7.98. The molecule has 1 unspecified atom stereocenters. The molecular weight excluding hydrogens is 236 g/mol. The Bertz CT molecular complexity index is 371. The van der Waals surface area contributed by atoms with E-state index in [1.54, 1.807) is 18.9 Å². The number of anilines is 1. The van der Waals surface area contributed by atoms with Crippen molar-refractivity contribution in [2.75, 3.05) is 24.4 Å². The molecule has 0 saturated carbocycles. The van der Waals surface area contributed by atoms with Crippen molar-refractivity contribution in [1.82, 2.24) is 0 Å². The van der Waals surface area contributed by atoms with E-state index in [1.165, 1.54) is 0 Å². The second-order valence-corrected chi connectivity index (χ2v) is 4.57. The maximum Gasteiger partial charge on any atom is 0.239 e. The van der Waals surface area contributed by atoms with Gasteiger partial charge >= 0.3 is 0 Å². The maximum atomic E-state index is 11.3. The fourth-order valence-electron chi connectivity index (χ4n) is 1.47. The van der Waals surface area contributed by atoms with Gasteiger partial charge in [-0.25, -0.2) is 0 Å². The summed E-state index contributed by atoms with van der Waals surface area (Å²) in [5.41, 5.74) is 6.16.